The molecule has 0 spiro atoms. The average molecular weight is 365 g/mol. The summed E-state index contributed by atoms with van der Waals surface area (Å²) in [5.74, 6) is 1.50. The monoisotopic (exact) mass is 364 g/mol. The first-order valence-electron chi connectivity index (χ1n) is 10.4. The van der Waals surface area contributed by atoms with Crippen LogP contribution in [0.1, 0.15) is 89.0 Å². The first-order chi connectivity index (χ1) is 12.7. The highest BCUT2D eigenvalue weighted by Crippen LogP contribution is 2.37. The van der Waals surface area contributed by atoms with Crippen LogP contribution in [0.5, 0.6) is 5.75 Å². The van der Waals surface area contributed by atoms with Gasteiger partial charge in [0.25, 0.3) is 6.08 Å². The number of benzene rings is 1. The van der Waals surface area contributed by atoms with Crippen LogP contribution in [0.25, 0.3) is 0 Å². The highest BCUT2D eigenvalue weighted by atomic mass is 19.3. The zero-order valence-corrected chi connectivity index (χ0v) is 16.2. The van der Waals surface area contributed by atoms with Crippen LogP contribution in [0.4, 0.5) is 8.78 Å². The Morgan fingerprint density at radius 3 is 2.15 bits per heavy atom. The highest BCUT2D eigenvalue weighted by molar-refractivity contribution is 5.29. The van der Waals surface area contributed by atoms with Gasteiger partial charge in [0.15, 0.2) is 0 Å². The first-order valence-corrected chi connectivity index (χ1v) is 10.4. The lowest BCUT2D eigenvalue weighted by molar-refractivity contribution is 0.304. The largest absolute Gasteiger partial charge is 0.494 e. The van der Waals surface area contributed by atoms with Gasteiger partial charge in [0.2, 0.25) is 0 Å². The van der Waals surface area contributed by atoms with Gasteiger partial charge < -0.3 is 4.74 Å². The molecule has 1 aliphatic rings. The summed E-state index contributed by atoms with van der Waals surface area (Å²) in [7, 11) is 0. The van der Waals surface area contributed by atoms with E-state index in [1.807, 2.05) is 0 Å². The molecule has 1 nitrogen and oxygen atoms in total. The maximum atomic E-state index is 12.4. The molecule has 1 aliphatic carbocycles. The highest BCUT2D eigenvalue weighted by Gasteiger charge is 2.21. The summed E-state index contributed by atoms with van der Waals surface area (Å²) in [4.78, 5) is 0. The Balaban J connectivity index is 1.63. The van der Waals surface area contributed by atoms with Crippen LogP contribution < -0.4 is 4.74 Å². The Morgan fingerprint density at radius 1 is 0.923 bits per heavy atom. The van der Waals surface area contributed by atoms with Gasteiger partial charge in [-0.1, -0.05) is 57.6 Å². The van der Waals surface area contributed by atoms with Crippen LogP contribution in [0.15, 0.2) is 36.4 Å². The molecule has 26 heavy (non-hydrogen) atoms. The SMILES string of the molecule is CCCCCCCCCOc1ccc([C@H]2CC[C@H](C=C(F)F)CC2)cc1. The summed E-state index contributed by atoms with van der Waals surface area (Å²) in [5.41, 5.74) is 1.32. The van der Waals surface area contributed by atoms with Gasteiger partial charge in [-0.3, -0.25) is 0 Å². The fourth-order valence-electron chi connectivity index (χ4n) is 3.88. The van der Waals surface area contributed by atoms with E-state index in [9.17, 15) is 8.78 Å². The molecule has 0 N–H and O–H groups in total. The lowest BCUT2D eigenvalue weighted by atomic mass is 9.79. The minimum Gasteiger partial charge on any atom is -0.494 e. The Bertz CT molecular complexity index is 512. The number of halogens is 2. The van der Waals surface area contributed by atoms with Gasteiger partial charge in [0.1, 0.15) is 5.75 Å². The van der Waals surface area contributed by atoms with E-state index < -0.39 is 6.08 Å². The van der Waals surface area contributed by atoms with Crippen LogP contribution >= 0.6 is 0 Å². The third-order valence-corrected chi connectivity index (χ3v) is 5.50. The molecule has 3 heteroatoms. The average Bonchev–Trinajstić information content (AvgIpc) is 2.65. The fraction of sp³-hybridized carbons (Fsp3) is 0.652. The van der Waals surface area contributed by atoms with Gasteiger partial charge >= 0.3 is 0 Å². The summed E-state index contributed by atoms with van der Waals surface area (Å²) < 4.78 is 30.5. The van der Waals surface area contributed by atoms with Crippen molar-refractivity contribution >= 4 is 0 Å². The second-order valence-electron chi connectivity index (χ2n) is 7.61. The van der Waals surface area contributed by atoms with Crippen molar-refractivity contribution in [2.24, 2.45) is 5.92 Å². The van der Waals surface area contributed by atoms with Crippen molar-refractivity contribution in [3.63, 3.8) is 0 Å². The molecule has 0 amide bonds. The van der Waals surface area contributed by atoms with Crippen molar-refractivity contribution < 1.29 is 13.5 Å². The quantitative estimate of drug-likeness (QED) is 0.363. The third-order valence-electron chi connectivity index (χ3n) is 5.50. The molecule has 0 bridgehead atoms. The molecular weight excluding hydrogens is 330 g/mol. The Kier molecular flexibility index (Phi) is 9.73. The van der Waals surface area contributed by atoms with Crippen LogP contribution in [-0.4, -0.2) is 6.61 Å². The minimum absolute atomic E-state index is 0.0563. The van der Waals surface area contributed by atoms with E-state index in [4.69, 9.17) is 4.74 Å². The molecule has 0 aliphatic heterocycles. The summed E-state index contributed by atoms with van der Waals surface area (Å²) in [6.45, 7) is 3.04. The first kappa shape index (κ1) is 20.9. The lowest BCUT2D eigenvalue weighted by Gasteiger charge is -2.26. The summed E-state index contributed by atoms with van der Waals surface area (Å²) >= 11 is 0. The fourth-order valence-corrected chi connectivity index (χ4v) is 3.88. The van der Waals surface area contributed by atoms with Crippen molar-refractivity contribution in [2.45, 2.75) is 83.5 Å². The molecule has 1 aromatic rings. The van der Waals surface area contributed by atoms with Crippen molar-refractivity contribution in [1.29, 1.82) is 0 Å². The molecule has 0 saturated heterocycles. The van der Waals surface area contributed by atoms with Crippen molar-refractivity contribution in [3.8, 4) is 5.75 Å². The lowest BCUT2D eigenvalue weighted by Crippen LogP contribution is -2.11. The number of hydrogen-bond donors (Lipinski definition) is 0. The normalized spacial score (nSPS) is 20.0. The maximum absolute atomic E-state index is 12.4. The predicted molar refractivity (Wildman–Crippen MR) is 105 cm³/mol. The number of hydrogen-bond acceptors (Lipinski definition) is 1. The zero-order chi connectivity index (χ0) is 18.6. The predicted octanol–water partition coefficient (Wildman–Crippen LogP) is 7.87. The van der Waals surface area contributed by atoms with Crippen molar-refractivity contribution in [3.05, 3.63) is 42.0 Å². The second kappa shape index (κ2) is 12.1. The standard InChI is InChI=1S/C23H34F2O/c1-2-3-4-5-6-7-8-17-26-22-15-13-21(14-16-22)20-11-9-19(10-12-20)18-23(24)25/h13-16,18-20H,2-12,17H2,1H3/t19-,20-. The number of allylic oxidation sites excluding steroid dienone is 1. The van der Waals surface area contributed by atoms with Gasteiger partial charge in [-0.2, -0.15) is 8.78 Å². The van der Waals surface area contributed by atoms with Crippen LogP contribution in [0, 0.1) is 5.92 Å². The molecule has 0 atom stereocenters. The van der Waals surface area contributed by atoms with Crippen LogP contribution in [-0.2, 0) is 0 Å². The maximum Gasteiger partial charge on any atom is 0.266 e. The smallest absolute Gasteiger partial charge is 0.266 e. The number of unbranched alkanes of at least 4 members (excludes halogenated alkanes) is 6. The molecular formula is C23H34F2O. The van der Waals surface area contributed by atoms with E-state index in [0.717, 1.165) is 50.5 Å². The van der Waals surface area contributed by atoms with Crippen molar-refractivity contribution in [1.82, 2.24) is 0 Å². The second-order valence-corrected chi connectivity index (χ2v) is 7.61. The molecule has 1 aromatic carbocycles. The van der Waals surface area contributed by atoms with Gasteiger partial charge in [0, 0.05) is 0 Å². The third kappa shape index (κ3) is 7.88. The Morgan fingerprint density at radius 2 is 1.54 bits per heavy atom. The topological polar surface area (TPSA) is 9.23 Å². The van der Waals surface area contributed by atoms with Gasteiger partial charge in [0.05, 0.1) is 6.61 Å². The summed E-state index contributed by atoms with van der Waals surface area (Å²) in [5, 5.41) is 0. The van der Waals surface area contributed by atoms with Gasteiger partial charge in [-0.05, 0) is 67.7 Å². The molecule has 1 fully saturated rings. The van der Waals surface area contributed by atoms with E-state index >= 15 is 0 Å². The van der Waals surface area contributed by atoms with Crippen LogP contribution in [0.3, 0.4) is 0 Å². The zero-order valence-electron chi connectivity index (χ0n) is 16.2. The van der Waals surface area contributed by atoms with E-state index in [0.29, 0.717) is 5.92 Å². The summed E-state index contributed by atoms with van der Waals surface area (Å²) in [6.07, 6.45) is 12.4. The minimum atomic E-state index is -1.53. The van der Waals surface area contributed by atoms with E-state index in [1.165, 1.54) is 44.1 Å². The Labute approximate surface area is 157 Å². The molecule has 0 aromatic heterocycles. The number of ether oxygens (including phenoxy) is 1. The molecule has 2 rings (SSSR count). The van der Waals surface area contributed by atoms with Crippen LogP contribution in [0.2, 0.25) is 0 Å². The summed E-state index contributed by atoms with van der Waals surface area (Å²) in [6, 6.07) is 8.42. The molecule has 0 radical (unpaired) electrons. The van der Waals surface area contributed by atoms with E-state index in [1.54, 1.807) is 0 Å². The molecule has 146 valence electrons. The Hall–Kier alpha value is -1.38. The van der Waals surface area contributed by atoms with E-state index in [-0.39, 0.29) is 5.92 Å². The number of rotatable bonds is 11. The van der Waals surface area contributed by atoms with E-state index in [2.05, 4.69) is 31.2 Å². The molecule has 1 saturated carbocycles. The molecule has 0 unspecified atom stereocenters. The van der Waals surface area contributed by atoms with Gasteiger partial charge in [-0.25, -0.2) is 0 Å². The van der Waals surface area contributed by atoms with Crippen molar-refractivity contribution in [2.75, 3.05) is 6.61 Å². The molecule has 0 heterocycles. The van der Waals surface area contributed by atoms with Gasteiger partial charge in [-0.15, -0.1) is 0 Å².